The third-order valence-corrected chi connectivity index (χ3v) is 4.92. The second-order valence-corrected chi connectivity index (χ2v) is 7.23. The Bertz CT molecular complexity index is 794. The van der Waals surface area contributed by atoms with Crippen molar-refractivity contribution in [3.8, 4) is 0 Å². The fourth-order valence-corrected chi connectivity index (χ4v) is 3.59. The molecule has 2 atom stereocenters. The topological polar surface area (TPSA) is 82.5 Å². The summed E-state index contributed by atoms with van der Waals surface area (Å²) in [6.07, 6.45) is 3.77. The molecule has 1 amide bonds. The van der Waals surface area contributed by atoms with E-state index in [1.807, 2.05) is 37.3 Å². The van der Waals surface area contributed by atoms with Gasteiger partial charge in [0.15, 0.2) is 0 Å². The third kappa shape index (κ3) is 5.37. The maximum atomic E-state index is 12.6. The van der Waals surface area contributed by atoms with E-state index in [0.717, 1.165) is 11.1 Å². The molecule has 0 unspecified atom stereocenters. The first-order valence-corrected chi connectivity index (χ1v) is 9.18. The molecule has 1 aliphatic heterocycles. The number of aryl methyl sites for hydroxylation is 1. The van der Waals surface area contributed by atoms with Gasteiger partial charge in [0, 0.05) is 38.6 Å². The summed E-state index contributed by atoms with van der Waals surface area (Å²) in [5.74, 6) is -1.80. The number of piperidine rings is 1. The highest BCUT2D eigenvalue weighted by atomic mass is 16.4. The van der Waals surface area contributed by atoms with Crippen molar-refractivity contribution in [1.29, 1.82) is 0 Å². The molecule has 1 aromatic heterocycles. The first kappa shape index (κ1) is 19.0. The second kappa shape index (κ2) is 8.77. The highest BCUT2D eigenvalue weighted by molar-refractivity contribution is 5.80. The Morgan fingerprint density at radius 2 is 1.96 bits per heavy atom. The number of pyridine rings is 1. The van der Waals surface area contributed by atoms with Gasteiger partial charge < -0.3 is 10.4 Å². The number of amides is 1. The van der Waals surface area contributed by atoms with Crippen LogP contribution in [0.2, 0.25) is 0 Å². The van der Waals surface area contributed by atoms with Crippen LogP contribution in [-0.2, 0) is 22.7 Å². The lowest BCUT2D eigenvalue weighted by atomic mass is 9.88. The molecule has 0 radical (unpaired) electrons. The van der Waals surface area contributed by atoms with Crippen LogP contribution >= 0.6 is 0 Å². The minimum absolute atomic E-state index is 0.0981. The number of nitrogens with zero attached hydrogens (tertiary/aromatic N) is 2. The van der Waals surface area contributed by atoms with Crippen molar-refractivity contribution in [2.45, 2.75) is 26.4 Å². The van der Waals surface area contributed by atoms with E-state index in [-0.39, 0.29) is 11.8 Å². The van der Waals surface area contributed by atoms with Crippen molar-refractivity contribution in [1.82, 2.24) is 15.2 Å². The molecule has 2 N–H and O–H groups in total. The monoisotopic (exact) mass is 367 g/mol. The maximum Gasteiger partial charge on any atom is 0.307 e. The normalized spacial score (nSPS) is 20.2. The number of nitrogens with one attached hydrogen (secondary N) is 1. The molecule has 1 aliphatic rings. The Morgan fingerprint density at radius 3 is 2.67 bits per heavy atom. The maximum absolute atomic E-state index is 12.6. The first-order valence-electron chi connectivity index (χ1n) is 9.18. The molecule has 0 aliphatic carbocycles. The number of carbonyl (C=O) groups is 2. The van der Waals surface area contributed by atoms with Crippen LogP contribution in [0.15, 0.2) is 48.8 Å². The number of aliphatic carboxylic acids is 1. The van der Waals surface area contributed by atoms with E-state index in [1.54, 1.807) is 12.4 Å². The number of aromatic nitrogens is 1. The van der Waals surface area contributed by atoms with Crippen LogP contribution in [0.4, 0.5) is 0 Å². The van der Waals surface area contributed by atoms with Gasteiger partial charge in [-0.05, 0) is 30.5 Å². The van der Waals surface area contributed by atoms with Gasteiger partial charge in [-0.1, -0.05) is 35.9 Å². The summed E-state index contributed by atoms with van der Waals surface area (Å²) < 4.78 is 0. The molecular formula is C21H25N3O3. The van der Waals surface area contributed by atoms with Crippen molar-refractivity contribution in [3.63, 3.8) is 0 Å². The van der Waals surface area contributed by atoms with Crippen LogP contribution < -0.4 is 5.32 Å². The van der Waals surface area contributed by atoms with Gasteiger partial charge in [0.25, 0.3) is 0 Å². The molecule has 142 valence electrons. The Labute approximate surface area is 159 Å². The summed E-state index contributed by atoms with van der Waals surface area (Å²) in [5.41, 5.74) is 3.23. The molecule has 1 aromatic carbocycles. The number of carboxylic acid groups (broad SMARTS) is 1. The molecule has 2 aromatic rings. The lowest BCUT2D eigenvalue weighted by Gasteiger charge is -2.35. The summed E-state index contributed by atoms with van der Waals surface area (Å²) in [5, 5.41) is 12.4. The van der Waals surface area contributed by atoms with Crippen molar-refractivity contribution >= 4 is 11.9 Å². The molecule has 1 fully saturated rings. The fraction of sp³-hybridized carbons (Fsp3) is 0.381. The van der Waals surface area contributed by atoms with E-state index < -0.39 is 11.9 Å². The van der Waals surface area contributed by atoms with Gasteiger partial charge in [0.1, 0.15) is 0 Å². The van der Waals surface area contributed by atoms with Crippen LogP contribution in [0.5, 0.6) is 0 Å². The zero-order valence-electron chi connectivity index (χ0n) is 15.5. The summed E-state index contributed by atoms with van der Waals surface area (Å²) in [7, 11) is 0. The molecule has 0 bridgehead atoms. The van der Waals surface area contributed by atoms with E-state index >= 15 is 0 Å². The summed E-state index contributed by atoms with van der Waals surface area (Å²) >= 11 is 0. The van der Waals surface area contributed by atoms with Crippen molar-refractivity contribution < 1.29 is 14.7 Å². The minimum atomic E-state index is -0.839. The smallest absolute Gasteiger partial charge is 0.307 e. The van der Waals surface area contributed by atoms with Gasteiger partial charge in [-0.2, -0.15) is 0 Å². The van der Waals surface area contributed by atoms with Gasteiger partial charge in [-0.15, -0.1) is 0 Å². The molecule has 0 saturated carbocycles. The predicted octanol–water partition coefficient (Wildman–Crippen LogP) is 2.23. The van der Waals surface area contributed by atoms with Gasteiger partial charge in [-0.3, -0.25) is 19.5 Å². The van der Waals surface area contributed by atoms with E-state index in [1.165, 1.54) is 5.56 Å². The molecule has 6 nitrogen and oxygen atoms in total. The number of hydrogen-bond acceptors (Lipinski definition) is 4. The number of hydrogen-bond donors (Lipinski definition) is 2. The average molecular weight is 367 g/mol. The number of benzene rings is 1. The Morgan fingerprint density at radius 1 is 1.19 bits per heavy atom. The number of carboxylic acids is 1. The molecule has 1 saturated heterocycles. The van der Waals surface area contributed by atoms with E-state index in [4.69, 9.17) is 0 Å². The van der Waals surface area contributed by atoms with Crippen molar-refractivity contribution in [3.05, 3.63) is 65.5 Å². The SMILES string of the molecule is Cc1cccc(CN2C[C@@H](C(=O)O)C[C@H](C(=O)NCc3cccnc3)C2)c1. The first-order chi connectivity index (χ1) is 13.0. The lowest BCUT2D eigenvalue weighted by molar-refractivity contribution is -0.145. The summed E-state index contributed by atoms with van der Waals surface area (Å²) in [6.45, 7) is 4.12. The van der Waals surface area contributed by atoms with Crippen LogP contribution in [0.1, 0.15) is 23.1 Å². The summed E-state index contributed by atoms with van der Waals surface area (Å²) in [4.78, 5) is 30.3. The van der Waals surface area contributed by atoms with Crippen LogP contribution in [0.3, 0.4) is 0 Å². The Balaban J connectivity index is 1.64. The van der Waals surface area contributed by atoms with Crippen molar-refractivity contribution in [2.75, 3.05) is 13.1 Å². The lowest BCUT2D eigenvalue weighted by Crippen LogP contribution is -2.47. The zero-order valence-corrected chi connectivity index (χ0v) is 15.5. The average Bonchev–Trinajstić information content (AvgIpc) is 2.66. The number of carbonyl (C=O) groups excluding carboxylic acids is 1. The van der Waals surface area contributed by atoms with Gasteiger partial charge >= 0.3 is 5.97 Å². The highest BCUT2D eigenvalue weighted by Gasteiger charge is 2.35. The summed E-state index contributed by atoms with van der Waals surface area (Å²) in [6, 6.07) is 11.9. The number of likely N-dealkylation sites (tertiary alicyclic amines) is 1. The minimum Gasteiger partial charge on any atom is -0.481 e. The molecule has 2 heterocycles. The van der Waals surface area contributed by atoms with Gasteiger partial charge in [0.05, 0.1) is 11.8 Å². The molecule has 0 spiro atoms. The van der Waals surface area contributed by atoms with Crippen LogP contribution in [0.25, 0.3) is 0 Å². The quantitative estimate of drug-likeness (QED) is 0.818. The van der Waals surface area contributed by atoms with E-state index in [0.29, 0.717) is 32.6 Å². The standard InChI is InChI=1S/C21H25N3O3/c1-15-4-2-5-16(8-15)12-24-13-18(9-19(14-24)21(26)27)20(25)23-11-17-6-3-7-22-10-17/h2-8,10,18-19H,9,11-14H2,1H3,(H,23,25)(H,26,27)/t18-,19-/m0/s1. The van der Waals surface area contributed by atoms with Crippen LogP contribution in [-0.4, -0.2) is 40.0 Å². The second-order valence-electron chi connectivity index (χ2n) is 7.23. The van der Waals surface area contributed by atoms with Gasteiger partial charge in [0.2, 0.25) is 5.91 Å². The highest BCUT2D eigenvalue weighted by Crippen LogP contribution is 2.24. The number of rotatable bonds is 6. The van der Waals surface area contributed by atoms with Crippen molar-refractivity contribution in [2.24, 2.45) is 11.8 Å². The molecular weight excluding hydrogens is 342 g/mol. The fourth-order valence-electron chi connectivity index (χ4n) is 3.59. The van der Waals surface area contributed by atoms with Crippen LogP contribution in [0, 0.1) is 18.8 Å². The van der Waals surface area contributed by atoms with Gasteiger partial charge in [-0.25, -0.2) is 0 Å². The molecule has 3 rings (SSSR count). The molecule has 27 heavy (non-hydrogen) atoms. The Kier molecular flexibility index (Phi) is 6.19. The third-order valence-electron chi connectivity index (χ3n) is 4.92. The van der Waals surface area contributed by atoms with E-state index in [2.05, 4.69) is 21.3 Å². The zero-order chi connectivity index (χ0) is 19.2. The molecule has 6 heteroatoms. The largest absolute Gasteiger partial charge is 0.481 e. The predicted molar refractivity (Wildman–Crippen MR) is 102 cm³/mol. The Hall–Kier alpha value is -2.73. The van der Waals surface area contributed by atoms with E-state index in [9.17, 15) is 14.7 Å².